The van der Waals surface area contributed by atoms with Crippen LogP contribution in [0.3, 0.4) is 0 Å². The van der Waals surface area contributed by atoms with Crippen molar-refractivity contribution in [3.05, 3.63) is 40.9 Å². The molecule has 0 unspecified atom stereocenters. The van der Waals surface area contributed by atoms with Crippen molar-refractivity contribution in [2.75, 3.05) is 0 Å². The molecule has 1 N–H and O–H groups in total. The van der Waals surface area contributed by atoms with E-state index in [1.54, 1.807) is 11.3 Å². The summed E-state index contributed by atoms with van der Waals surface area (Å²) in [6.45, 7) is 4.25. The summed E-state index contributed by atoms with van der Waals surface area (Å²) < 4.78 is 0. The maximum absolute atomic E-state index is 12.6. The van der Waals surface area contributed by atoms with Crippen LogP contribution in [-0.2, 0) is 11.2 Å². The molecule has 2 aromatic rings. The molecule has 128 valence electrons. The Kier molecular flexibility index (Phi) is 5.34. The Morgan fingerprint density at radius 3 is 2.58 bits per heavy atom. The average Bonchev–Trinajstić information content (AvgIpc) is 2.97. The molecular formula is C20H26N2OS. The van der Waals surface area contributed by atoms with E-state index in [2.05, 4.69) is 31.3 Å². The molecule has 0 saturated heterocycles. The summed E-state index contributed by atoms with van der Waals surface area (Å²) in [5, 5.41) is 4.33. The topological polar surface area (TPSA) is 42.0 Å². The zero-order chi connectivity index (χ0) is 17.0. The number of thiazole rings is 1. The summed E-state index contributed by atoms with van der Waals surface area (Å²) in [7, 11) is 0. The highest BCUT2D eigenvalue weighted by Crippen LogP contribution is 2.31. The van der Waals surface area contributed by atoms with Gasteiger partial charge in [-0.05, 0) is 26.2 Å². The number of carbonyl (C=O) groups is 1. The molecule has 0 atom stereocenters. The fourth-order valence-electron chi connectivity index (χ4n) is 3.58. The smallest absolute Gasteiger partial charge is 0.226 e. The third-order valence-electron chi connectivity index (χ3n) is 5.13. The minimum absolute atomic E-state index is 0.0154. The summed E-state index contributed by atoms with van der Waals surface area (Å²) >= 11 is 1.67. The van der Waals surface area contributed by atoms with Crippen LogP contribution >= 0.6 is 11.3 Å². The Balaban J connectivity index is 1.69. The second-order valence-corrected chi connectivity index (χ2v) is 8.01. The molecule has 4 heteroatoms. The van der Waals surface area contributed by atoms with E-state index in [-0.39, 0.29) is 11.4 Å². The summed E-state index contributed by atoms with van der Waals surface area (Å²) in [6, 6.07) is 10.2. The van der Waals surface area contributed by atoms with Crippen LogP contribution in [0, 0.1) is 6.92 Å². The number of benzene rings is 1. The molecule has 0 spiro atoms. The van der Waals surface area contributed by atoms with Crippen molar-refractivity contribution in [1.82, 2.24) is 10.3 Å². The normalized spacial score (nSPS) is 16.8. The summed E-state index contributed by atoms with van der Waals surface area (Å²) in [6.07, 6.45) is 7.37. The average molecular weight is 343 g/mol. The van der Waals surface area contributed by atoms with Crippen LogP contribution in [0.4, 0.5) is 0 Å². The predicted molar refractivity (Wildman–Crippen MR) is 100 cm³/mol. The van der Waals surface area contributed by atoms with E-state index < -0.39 is 0 Å². The molecule has 0 bridgehead atoms. The van der Waals surface area contributed by atoms with Crippen LogP contribution in [0.15, 0.2) is 30.3 Å². The summed E-state index contributed by atoms with van der Waals surface area (Å²) in [5.41, 5.74) is 2.05. The van der Waals surface area contributed by atoms with Gasteiger partial charge in [0.25, 0.3) is 0 Å². The lowest BCUT2D eigenvalue weighted by Gasteiger charge is -2.37. The lowest BCUT2D eigenvalue weighted by Crippen LogP contribution is -2.49. The lowest BCUT2D eigenvalue weighted by atomic mass is 9.79. The predicted octanol–water partition coefficient (Wildman–Crippen LogP) is 4.89. The third-order valence-corrected chi connectivity index (χ3v) is 6.20. The van der Waals surface area contributed by atoms with Crippen molar-refractivity contribution < 1.29 is 4.79 Å². The number of hydrogen-bond acceptors (Lipinski definition) is 3. The molecule has 1 aliphatic rings. The molecule has 0 radical (unpaired) electrons. The van der Waals surface area contributed by atoms with Crippen LogP contribution in [0.5, 0.6) is 0 Å². The van der Waals surface area contributed by atoms with Gasteiger partial charge in [0, 0.05) is 16.0 Å². The zero-order valence-electron chi connectivity index (χ0n) is 14.6. The summed E-state index contributed by atoms with van der Waals surface area (Å²) in [5.74, 6) is 0.117. The van der Waals surface area contributed by atoms with Gasteiger partial charge in [-0.25, -0.2) is 4.98 Å². The van der Waals surface area contributed by atoms with Crippen LogP contribution < -0.4 is 5.32 Å². The highest BCUT2D eigenvalue weighted by molar-refractivity contribution is 7.15. The molecule has 1 heterocycles. The maximum Gasteiger partial charge on any atom is 0.226 e. The lowest BCUT2D eigenvalue weighted by molar-refractivity contribution is -0.122. The van der Waals surface area contributed by atoms with Gasteiger partial charge in [-0.2, -0.15) is 0 Å². The van der Waals surface area contributed by atoms with Crippen LogP contribution in [0.2, 0.25) is 0 Å². The number of hydrogen-bond donors (Lipinski definition) is 1. The van der Waals surface area contributed by atoms with Crippen molar-refractivity contribution in [3.8, 4) is 10.6 Å². The van der Waals surface area contributed by atoms with Gasteiger partial charge >= 0.3 is 0 Å². The molecule has 3 nitrogen and oxygen atoms in total. The molecule has 24 heavy (non-hydrogen) atoms. The summed E-state index contributed by atoms with van der Waals surface area (Å²) in [4.78, 5) is 18.5. The van der Waals surface area contributed by atoms with Gasteiger partial charge in [0.05, 0.1) is 12.1 Å². The number of nitrogens with one attached hydrogen (secondary N) is 1. The molecule has 1 saturated carbocycles. The maximum atomic E-state index is 12.6. The first-order valence-corrected chi connectivity index (χ1v) is 9.76. The number of rotatable bonds is 5. The minimum Gasteiger partial charge on any atom is -0.350 e. The number of amides is 1. The highest BCUT2D eigenvalue weighted by Gasteiger charge is 2.31. The number of carbonyl (C=O) groups excluding carboxylic acids is 1. The van der Waals surface area contributed by atoms with Crippen molar-refractivity contribution >= 4 is 17.2 Å². The standard InChI is InChI=1S/C20H26N2OS/c1-3-20(12-8-5-9-13-20)22-18(23)14-17-15(2)24-19(21-17)16-10-6-4-7-11-16/h4,6-7,10-11H,3,5,8-9,12-14H2,1-2H3,(H,22,23). The van der Waals surface area contributed by atoms with Gasteiger partial charge < -0.3 is 5.32 Å². The second kappa shape index (κ2) is 7.47. The van der Waals surface area contributed by atoms with E-state index in [1.165, 1.54) is 19.3 Å². The SMILES string of the molecule is CCC1(NC(=O)Cc2nc(-c3ccccc3)sc2C)CCCCC1. The van der Waals surface area contributed by atoms with Crippen molar-refractivity contribution in [3.63, 3.8) is 0 Å². The van der Waals surface area contributed by atoms with Gasteiger partial charge in [-0.3, -0.25) is 4.79 Å². The van der Waals surface area contributed by atoms with E-state index in [0.717, 1.165) is 40.4 Å². The number of aryl methyl sites for hydroxylation is 1. The van der Waals surface area contributed by atoms with Crippen LogP contribution in [0.25, 0.3) is 10.6 Å². The molecule has 3 rings (SSSR count). The van der Waals surface area contributed by atoms with Gasteiger partial charge in [0.1, 0.15) is 5.01 Å². The fraction of sp³-hybridized carbons (Fsp3) is 0.500. The minimum atomic E-state index is 0.0154. The Hall–Kier alpha value is -1.68. The van der Waals surface area contributed by atoms with Crippen molar-refractivity contribution in [1.29, 1.82) is 0 Å². The zero-order valence-corrected chi connectivity index (χ0v) is 15.4. The largest absolute Gasteiger partial charge is 0.350 e. The highest BCUT2D eigenvalue weighted by atomic mass is 32.1. The Morgan fingerprint density at radius 2 is 1.92 bits per heavy atom. The van der Waals surface area contributed by atoms with E-state index in [9.17, 15) is 4.79 Å². The molecule has 1 fully saturated rings. The fourth-order valence-corrected chi connectivity index (χ4v) is 4.52. The van der Waals surface area contributed by atoms with E-state index >= 15 is 0 Å². The molecule has 1 aliphatic carbocycles. The monoisotopic (exact) mass is 342 g/mol. The van der Waals surface area contributed by atoms with E-state index in [1.807, 2.05) is 18.2 Å². The Labute approximate surface area is 148 Å². The third kappa shape index (κ3) is 3.86. The van der Waals surface area contributed by atoms with Gasteiger partial charge in [0.2, 0.25) is 5.91 Å². The number of nitrogens with zero attached hydrogens (tertiary/aromatic N) is 1. The Morgan fingerprint density at radius 1 is 1.21 bits per heavy atom. The van der Waals surface area contributed by atoms with E-state index in [4.69, 9.17) is 4.98 Å². The quantitative estimate of drug-likeness (QED) is 0.840. The Bertz CT molecular complexity index is 687. The number of aromatic nitrogens is 1. The van der Waals surface area contributed by atoms with Crippen LogP contribution in [0.1, 0.15) is 56.0 Å². The van der Waals surface area contributed by atoms with Crippen LogP contribution in [-0.4, -0.2) is 16.4 Å². The first-order valence-electron chi connectivity index (χ1n) is 8.95. The van der Waals surface area contributed by atoms with Gasteiger partial charge in [0.15, 0.2) is 0 Å². The van der Waals surface area contributed by atoms with Crippen molar-refractivity contribution in [2.24, 2.45) is 0 Å². The molecule has 1 aromatic heterocycles. The first kappa shape index (κ1) is 17.2. The molecule has 1 amide bonds. The second-order valence-electron chi connectivity index (χ2n) is 6.81. The van der Waals surface area contributed by atoms with E-state index in [0.29, 0.717) is 6.42 Å². The first-order chi connectivity index (χ1) is 11.6. The van der Waals surface area contributed by atoms with Crippen molar-refractivity contribution in [2.45, 2.75) is 64.3 Å². The molecule has 0 aliphatic heterocycles. The molecule has 1 aromatic carbocycles. The molecular weight excluding hydrogens is 316 g/mol. The van der Waals surface area contributed by atoms with Gasteiger partial charge in [-0.15, -0.1) is 11.3 Å². The van der Waals surface area contributed by atoms with Gasteiger partial charge in [-0.1, -0.05) is 56.5 Å².